The molecule has 2 N–H and O–H groups in total. The summed E-state index contributed by atoms with van der Waals surface area (Å²) in [6.45, 7) is 3.16. The van der Waals surface area contributed by atoms with Gasteiger partial charge in [-0.25, -0.2) is 5.48 Å². The molecular weight excluding hydrogens is 296 g/mol. The predicted molar refractivity (Wildman–Crippen MR) is 82.8 cm³/mol. The van der Waals surface area contributed by atoms with E-state index in [-0.39, 0.29) is 17.6 Å². The number of rotatable bonds is 3. The van der Waals surface area contributed by atoms with Gasteiger partial charge in [0.2, 0.25) is 5.91 Å². The number of carbonyl (C=O) groups excluding carboxylic acids is 2. The quantitative estimate of drug-likeness (QED) is 0.657. The van der Waals surface area contributed by atoms with E-state index in [1.807, 2.05) is 11.8 Å². The molecule has 1 aliphatic carbocycles. The number of carbonyl (C=O) groups is 2. The number of nitrogens with zero attached hydrogens (tertiary/aromatic N) is 3. The van der Waals surface area contributed by atoms with Gasteiger partial charge in [0.25, 0.3) is 5.91 Å². The van der Waals surface area contributed by atoms with Gasteiger partial charge in [-0.3, -0.25) is 19.5 Å². The molecule has 2 aliphatic rings. The Labute approximate surface area is 135 Å². The lowest BCUT2D eigenvalue weighted by atomic mass is 9.86. The number of nitrogens with one attached hydrogen (secondary N) is 1. The topological polar surface area (TPSA) is 87.5 Å². The highest BCUT2D eigenvalue weighted by atomic mass is 16.5. The van der Waals surface area contributed by atoms with Crippen LogP contribution in [0.5, 0.6) is 0 Å². The molecule has 23 heavy (non-hydrogen) atoms. The van der Waals surface area contributed by atoms with E-state index in [4.69, 9.17) is 5.21 Å². The molecular formula is C16H24N4O3. The smallest absolute Gasteiger partial charge is 0.295 e. The van der Waals surface area contributed by atoms with Crippen molar-refractivity contribution in [2.24, 2.45) is 5.92 Å². The molecule has 2 heterocycles. The highest BCUT2D eigenvalue weighted by molar-refractivity contribution is 5.91. The summed E-state index contributed by atoms with van der Waals surface area (Å²) < 4.78 is 1.75. The van der Waals surface area contributed by atoms with Crippen molar-refractivity contribution in [3.8, 4) is 0 Å². The van der Waals surface area contributed by atoms with E-state index in [9.17, 15) is 9.59 Å². The molecule has 1 aliphatic heterocycles. The molecule has 1 unspecified atom stereocenters. The summed E-state index contributed by atoms with van der Waals surface area (Å²) in [6.07, 6.45) is 6.71. The summed E-state index contributed by atoms with van der Waals surface area (Å²) in [6, 6.07) is 1.54. The number of hydroxylamine groups is 1. The molecule has 1 atom stereocenters. The molecule has 1 aromatic rings. The zero-order valence-electron chi connectivity index (χ0n) is 13.5. The Morgan fingerprint density at radius 3 is 2.74 bits per heavy atom. The van der Waals surface area contributed by atoms with Crippen molar-refractivity contribution in [2.75, 3.05) is 6.54 Å². The van der Waals surface area contributed by atoms with Crippen LogP contribution in [0.3, 0.4) is 0 Å². The normalized spacial score (nSPS) is 21.8. The van der Waals surface area contributed by atoms with Gasteiger partial charge in [-0.15, -0.1) is 0 Å². The Bertz CT molecular complexity index is 592. The van der Waals surface area contributed by atoms with Gasteiger partial charge in [0.05, 0.1) is 18.3 Å². The second-order valence-electron chi connectivity index (χ2n) is 6.59. The van der Waals surface area contributed by atoms with Gasteiger partial charge in [0.1, 0.15) is 0 Å². The lowest BCUT2D eigenvalue weighted by molar-refractivity contribution is -0.135. The zero-order chi connectivity index (χ0) is 16.4. The maximum absolute atomic E-state index is 12.7. The Kier molecular flexibility index (Phi) is 4.66. The van der Waals surface area contributed by atoms with Crippen LogP contribution in [-0.2, 0) is 11.3 Å². The molecule has 0 aromatic carbocycles. The van der Waals surface area contributed by atoms with Crippen LogP contribution in [0.25, 0.3) is 0 Å². The fourth-order valence-corrected chi connectivity index (χ4v) is 3.77. The predicted octanol–water partition coefficient (Wildman–Crippen LogP) is 1.88. The molecule has 1 fully saturated rings. The van der Waals surface area contributed by atoms with E-state index in [2.05, 4.69) is 5.10 Å². The van der Waals surface area contributed by atoms with Crippen LogP contribution in [0, 0.1) is 5.92 Å². The van der Waals surface area contributed by atoms with E-state index < -0.39 is 5.91 Å². The van der Waals surface area contributed by atoms with E-state index >= 15 is 0 Å². The molecule has 7 nitrogen and oxygen atoms in total. The first-order chi connectivity index (χ1) is 11.1. The van der Waals surface area contributed by atoms with Gasteiger partial charge in [0, 0.05) is 13.0 Å². The summed E-state index contributed by atoms with van der Waals surface area (Å²) in [5.74, 6) is 0.0928. The van der Waals surface area contributed by atoms with Crippen LogP contribution in [0.15, 0.2) is 6.07 Å². The number of hydrogen-bond acceptors (Lipinski definition) is 4. The average Bonchev–Trinajstić information content (AvgIpc) is 3.00. The van der Waals surface area contributed by atoms with E-state index in [0.717, 1.165) is 18.5 Å². The minimum absolute atomic E-state index is 0.104. The zero-order valence-corrected chi connectivity index (χ0v) is 13.5. The van der Waals surface area contributed by atoms with Crippen molar-refractivity contribution in [2.45, 2.75) is 58.0 Å². The first-order valence-electron chi connectivity index (χ1n) is 8.42. The molecule has 0 bridgehead atoms. The highest BCUT2D eigenvalue weighted by Gasteiger charge is 2.31. The van der Waals surface area contributed by atoms with Crippen LogP contribution in [0.1, 0.15) is 67.7 Å². The van der Waals surface area contributed by atoms with Crippen molar-refractivity contribution in [3.05, 3.63) is 17.5 Å². The third-order valence-corrected chi connectivity index (χ3v) is 5.10. The molecule has 3 rings (SSSR count). The van der Waals surface area contributed by atoms with Crippen LogP contribution in [-0.4, -0.2) is 38.2 Å². The van der Waals surface area contributed by atoms with E-state index in [1.54, 1.807) is 16.2 Å². The Hall–Kier alpha value is -1.89. The number of fused-ring (bicyclic) bond motifs is 1. The minimum Gasteiger partial charge on any atom is -0.333 e. The summed E-state index contributed by atoms with van der Waals surface area (Å²) in [4.78, 5) is 26.1. The van der Waals surface area contributed by atoms with Gasteiger partial charge >= 0.3 is 0 Å². The van der Waals surface area contributed by atoms with Gasteiger partial charge in [-0.1, -0.05) is 19.3 Å². The lowest BCUT2D eigenvalue weighted by Gasteiger charge is -2.35. The van der Waals surface area contributed by atoms with Crippen LogP contribution >= 0.6 is 0 Å². The fourth-order valence-electron chi connectivity index (χ4n) is 3.77. The summed E-state index contributed by atoms with van der Waals surface area (Å²) >= 11 is 0. The second-order valence-corrected chi connectivity index (χ2v) is 6.59. The number of hydrogen-bond donors (Lipinski definition) is 2. The number of amides is 2. The summed E-state index contributed by atoms with van der Waals surface area (Å²) in [7, 11) is 0. The number of aromatic nitrogens is 2. The van der Waals surface area contributed by atoms with Crippen molar-refractivity contribution in [1.29, 1.82) is 0 Å². The van der Waals surface area contributed by atoms with Crippen molar-refractivity contribution in [1.82, 2.24) is 20.2 Å². The summed E-state index contributed by atoms with van der Waals surface area (Å²) in [5, 5.41) is 12.9. The lowest BCUT2D eigenvalue weighted by Crippen LogP contribution is -2.41. The van der Waals surface area contributed by atoms with E-state index in [0.29, 0.717) is 25.4 Å². The SMILES string of the molecule is CC1c2cc(C(=O)NO)nn2CCN1C(=O)CC1CCCCC1. The van der Waals surface area contributed by atoms with Crippen LogP contribution < -0.4 is 5.48 Å². The monoisotopic (exact) mass is 320 g/mol. The van der Waals surface area contributed by atoms with Crippen molar-refractivity contribution < 1.29 is 14.8 Å². The Morgan fingerprint density at radius 2 is 2.04 bits per heavy atom. The third kappa shape index (κ3) is 3.24. The van der Waals surface area contributed by atoms with E-state index in [1.165, 1.54) is 19.3 Å². The maximum atomic E-state index is 12.7. The van der Waals surface area contributed by atoms with Gasteiger partial charge in [-0.2, -0.15) is 5.10 Å². The van der Waals surface area contributed by atoms with Crippen LogP contribution in [0.2, 0.25) is 0 Å². The first-order valence-corrected chi connectivity index (χ1v) is 8.42. The van der Waals surface area contributed by atoms with Gasteiger partial charge in [-0.05, 0) is 31.7 Å². The minimum atomic E-state index is -0.626. The molecule has 7 heteroatoms. The Balaban J connectivity index is 1.69. The molecule has 1 saturated carbocycles. The molecule has 0 radical (unpaired) electrons. The second kappa shape index (κ2) is 6.70. The van der Waals surface area contributed by atoms with Crippen molar-refractivity contribution >= 4 is 11.8 Å². The molecule has 2 amide bonds. The molecule has 0 saturated heterocycles. The van der Waals surface area contributed by atoms with Gasteiger partial charge < -0.3 is 4.90 Å². The standard InChI is InChI=1S/C16H24N4O3/c1-11-14-10-13(16(22)18-23)17-20(14)8-7-19(11)15(21)9-12-5-3-2-4-6-12/h10-12,23H,2-9H2,1H3,(H,18,22). The molecule has 0 spiro atoms. The molecule has 1 aromatic heterocycles. The van der Waals surface area contributed by atoms with Gasteiger partial charge in [0.15, 0.2) is 5.69 Å². The largest absolute Gasteiger partial charge is 0.333 e. The fraction of sp³-hybridized carbons (Fsp3) is 0.688. The third-order valence-electron chi connectivity index (χ3n) is 5.10. The molecule has 126 valence electrons. The van der Waals surface area contributed by atoms with Crippen LogP contribution in [0.4, 0.5) is 0 Å². The summed E-state index contributed by atoms with van der Waals surface area (Å²) in [5.41, 5.74) is 2.61. The average molecular weight is 320 g/mol. The first kappa shape index (κ1) is 16.0. The maximum Gasteiger partial charge on any atom is 0.295 e. The van der Waals surface area contributed by atoms with Crippen molar-refractivity contribution in [3.63, 3.8) is 0 Å². The Morgan fingerprint density at radius 1 is 1.30 bits per heavy atom. The highest BCUT2D eigenvalue weighted by Crippen LogP contribution is 2.30.